The zero-order valence-electron chi connectivity index (χ0n) is 17.9. The Morgan fingerprint density at radius 3 is 2.28 bits per heavy atom. The molecule has 1 aromatic heterocycles. The minimum Gasteiger partial charge on any atom is -0.314 e. The van der Waals surface area contributed by atoms with Gasteiger partial charge < -0.3 is 9.47 Å². The van der Waals surface area contributed by atoms with Crippen molar-refractivity contribution < 1.29 is 18.0 Å². The van der Waals surface area contributed by atoms with Gasteiger partial charge in [-0.2, -0.15) is 13.2 Å². The van der Waals surface area contributed by atoms with Gasteiger partial charge in [-0.1, -0.05) is 56.0 Å². The molecule has 0 fully saturated rings. The van der Waals surface area contributed by atoms with Crippen molar-refractivity contribution in [3.8, 4) is 11.4 Å². The molecule has 8 heteroatoms. The fourth-order valence-electron chi connectivity index (χ4n) is 3.84. The van der Waals surface area contributed by atoms with Crippen molar-refractivity contribution in [1.82, 2.24) is 14.5 Å². The van der Waals surface area contributed by atoms with E-state index < -0.39 is 11.7 Å². The van der Waals surface area contributed by atoms with Crippen molar-refractivity contribution in [2.45, 2.75) is 26.1 Å². The molecule has 1 amide bonds. The van der Waals surface area contributed by atoms with Crippen LogP contribution >= 0.6 is 0 Å². The van der Waals surface area contributed by atoms with Gasteiger partial charge in [0.2, 0.25) is 0 Å². The number of amides is 1. The number of hydrogen-bond donors (Lipinski definition) is 0. The number of benzene rings is 2. The third-order valence-corrected chi connectivity index (χ3v) is 5.51. The maximum Gasteiger partial charge on any atom is 0.416 e. The molecule has 0 aliphatic carbocycles. The molecule has 4 rings (SSSR count). The van der Waals surface area contributed by atoms with Crippen molar-refractivity contribution in [1.29, 1.82) is 0 Å². The normalized spacial score (nSPS) is 14.2. The first-order valence-electron chi connectivity index (χ1n) is 10.3. The van der Waals surface area contributed by atoms with E-state index in [4.69, 9.17) is 0 Å². The summed E-state index contributed by atoms with van der Waals surface area (Å²) in [6.07, 6.45) is -3.67. The van der Waals surface area contributed by atoms with E-state index in [1.165, 1.54) is 12.1 Å². The van der Waals surface area contributed by atoms with Crippen LogP contribution in [0.15, 0.2) is 67.0 Å². The summed E-state index contributed by atoms with van der Waals surface area (Å²) in [5.41, 5.74) is 1.11. The van der Waals surface area contributed by atoms with E-state index in [9.17, 15) is 18.0 Å². The Balaban J connectivity index is 1.88. The van der Waals surface area contributed by atoms with Crippen molar-refractivity contribution in [3.63, 3.8) is 0 Å². The van der Waals surface area contributed by atoms with Crippen molar-refractivity contribution in [3.05, 3.63) is 83.8 Å². The highest BCUT2D eigenvalue weighted by molar-refractivity contribution is 6.02. The number of nitrogens with zero attached hydrogens (tertiary/aromatic N) is 4. The van der Waals surface area contributed by atoms with E-state index >= 15 is 0 Å². The van der Waals surface area contributed by atoms with Crippen LogP contribution in [0.3, 0.4) is 0 Å². The number of rotatable bonds is 5. The van der Waals surface area contributed by atoms with E-state index in [1.54, 1.807) is 21.4 Å². The smallest absolute Gasteiger partial charge is 0.314 e. The van der Waals surface area contributed by atoms with Gasteiger partial charge in [0.25, 0.3) is 5.91 Å². The maximum absolute atomic E-state index is 13.4. The van der Waals surface area contributed by atoms with E-state index in [1.807, 2.05) is 37.3 Å². The Bertz CT molecular complexity index is 1150. The van der Waals surface area contributed by atoms with Crippen LogP contribution in [0, 0.1) is 0 Å². The molecule has 0 unspecified atom stereocenters. The number of alkyl halides is 3. The van der Waals surface area contributed by atoms with Crippen LogP contribution in [0.2, 0.25) is 0 Å². The fourth-order valence-corrected chi connectivity index (χ4v) is 3.84. The molecule has 2 aromatic carbocycles. The number of anilines is 1. The lowest BCUT2D eigenvalue weighted by molar-refractivity contribution is -0.137. The summed E-state index contributed by atoms with van der Waals surface area (Å²) >= 11 is 0. The van der Waals surface area contributed by atoms with E-state index in [0.29, 0.717) is 41.8 Å². The zero-order valence-corrected chi connectivity index (χ0v) is 17.9. The summed E-state index contributed by atoms with van der Waals surface area (Å²) < 4.78 is 40.9. The Kier molecular flexibility index (Phi) is 5.54. The summed E-state index contributed by atoms with van der Waals surface area (Å²) in [5.74, 6) is 1.18. The third kappa shape index (κ3) is 3.77. The molecule has 0 saturated heterocycles. The van der Waals surface area contributed by atoms with Crippen LogP contribution in [0.1, 0.15) is 35.0 Å². The Morgan fingerprint density at radius 1 is 1.03 bits per heavy atom. The topological polar surface area (TPSA) is 41.4 Å². The van der Waals surface area contributed by atoms with Crippen LogP contribution in [-0.2, 0) is 12.7 Å². The lowest BCUT2D eigenvalue weighted by Gasteiger charge is -2.35. The molecule has 1 aliphatic rings. The van der Waals surface area contributed by atoms with E-state index in [2.05, 4.69) is 11.6 Å². The fraction of sp³-hybridized carbons (Fsp3) is 0.250. The molecule has 0 N–H and O–H groups in total. The maximum atomic E-state index is 13.4. The summed E-state index contributed by atoms with van der Waals surface area (Å²) in [7, 11) is 1.78. The first-order chi connectivity index (χ1) is 15.2. The van der Waals surface area contributed by atoms with Crippen LogP contribution < -0.4 is 4.90 Å². The van der Waals surface area contributed by atoms with Crippen molar-refractivity contribution >= 4 is 11.7 Å². The highest BCUT2D eigenvalue weighted by atomic mass is 19.4. The molecule has 0 bridgehead atoms. The van der Waals surface area contributed by atoms with Gasteiger partial charge in [-0.15, -0.1) is 0 Å². The third-order valence-electron chi connectivity index (χ3n) is 5.51. The number of imidazole rings is 1. The molecule has 32 heavy (non-hydrogen) atoms. The molecule has 0 atom stereocenters. The molecule has 0 radical (unpaired) electrons. The summed E-state index contributed by atoms with van der Waals surface area (Å²) in [5, 5.41) is 0. The highest BCUT2D eigenvalue weighted by Gasteiger charge is 2.37. The average Bonchev–Trinajstić information content (AvgIpc) is 3.15. The van der Waals surface area contributed by atoms with Crippen molar-refractivity contribution in [2.75, 3.05) is 18.5 Å². The van der Waals surface area contributed by atoms with Crippen LogP contribution in [0.5, 0.6) is 0 Å². The number of fused-ring (bicyclic) bond motifs is 1. The van der Waals surface area contributed by atoms with Gasteiger partial charge in [0, 0.05) is 25.7 Å². The van der Waals surface area contributed by atoms with Gasteiger partial charge in [0.1, 0.15) is 11.6 Å². The first kappa shape index (κ1) is 21.7. The lowest BCUT2D eigenvalue weighted by atomic mass is 10.1. The quantitative estimate of drug-likeness (QED) is 0.534. The van der Waals surface area contributed by atoms with Gasteiger partial charge in [0.05, 0.1) is 5.56 Å². The monoisotopic (exact) mass is 440 g/mol. The zero-order chi connectivity index (χ0) is 23.0. The second-order valence-electron chi connectivity index (χ2n) is 7.69. The van der Waals surface area contributed by atoms with Crippen molar-refractivity contribution in [2.24, 2.45) is 0 Å². The van der Waals surface area contributed by atoms with E-state index in [-0.39, 0.29) is 5.91 Å². The van der Waals surface area contributed by atoms with Gasteiger partial charge >= 0.3 is 6.18 Å². The molecule has 0 spiro atoms. The average molecular weight is 440 g/mol. The summed E-state index contributed by atoms with van der Waals surface area (Å²) in [6.45, 7) is 6.87. The van der Waals surface area contributed by atoms with Crippen LogP contribution in [0.4, 0.5) is 19.0 Å². The summed E-state index contributed by atoms with van der Waals surface area (Å²) in [4.78, 5) is 21.5. The second-order valence-corrected chi connectivity index (χ2v) is 7.69. The molecule has 5 nitrogen and oxygen atoms in total. The molecule has 3 aromatic rings. The van der Waals surface area contributed by atoms with Gasteiger partial charge in [-0.25, -0.2) is 4.98 Å². The van der Waals surface area contributed by atoms with Crippen LogP contribution in [0.25, 0.3) is 11.4 Å². The largest absolute Gasteiger partial charge is 0.416 e. The number of halogens is 3. The first-order valence-corrected chi connectivity index (χ1v) is 10.3. The SMILES string of the molecule is C=C1N(CCC)C(=O)c2c(nc(-c3ccc(C(F)(F)F)cc3)n2Cc2ccccc2)N1C. The number of carbonyl (C=O) groups is 1. The predicted molar refractivity (Wildman–Crippen MR) is 117 cm³/mol. The molecular weight excluding hydrogens is 417 g/mol. The standard InChI is InChI=1S/C24H23F3N4O/c1-4-14-30-16(2)29(3)22-20(23(30)32)31(15-17-8-6-5-7-9-17)21(28-22)18-10-12-19(13-11-18)24(25,26)27/h5-13H,2,4,14-15H2,1,3H3. The summed E-state index contributed by atoms with van der Waals surface area (Å²) in [6, 6.07) is 14.4. The minimum atomic E-state index is -4.42. The number of carbonyl (C=O) groups excluding carboxylic acids is 1. The number of hydrogen-bond acceptors (Lipinski definition) is 3. The highest BCUT2D eigenvalue weighted by Crippen LogP contribution is 2.36. The molecule has 2 heterocycles. The van der Waals surface area contributed by atoms with E-state index in [0.717, 1.165) is 24.1 Å². The Hall–Kier alpha value is -3.55. The Morgan fingerprint density at radius 2 is 1.69 bits per heavy atom. The number of aromatic nitrogens is 2. The lowest BCUT2D eigenvalue weighted by Crippen LogP contribution is -2.43. The minimum absolute atomic E-state index is 0.216. The van der Waals surface area contributed by atoms with Crippen LogP contribution in [-0.4, -0.2) is 34.0 Å². The van der Waals surface area contributed by atoms with Gasteiger partial charge in [-0.3, -0.25) is 9.69 Å². The second kappa shape index (κ2) is 8.18. The molecule has 1 aliphatic heterocycles. The molecular formula is C24H23F3N4O. The Labute approximate surface area is 184 Å². The predicted octanol–water partition coefficient (Wildman–Crippen LogP) is 5.39. The van der Waals surface area contributed by atoms with Gasteiger partial charge in [-0.05, 0) is 24.1 Å². The van der Waals surface area contributed by atoms with Gasteiger partial charge in [0.15, 0.2) is 11.5 Å². The molecule has 166 valence electrons. The molecule has 0 saturated carbocycles.